The van der Waals surface area contributed by atoms with Crippen LogP contribution in [0.1, 0.15) is 5.69 Å². The average molecular weight is 297 g/mol. The second kappa shape index (κ2) is 4.80. The number of benzene rings is 1. The lowest BCUT2D eigenvalue weighted by Crippen LogP contribution is -1.96. The van der Waals surface area contributed by atoms with Crippen LogP contribution in [-0.4, -0.2) is 15.0 Å². The second-order valence-electron chi connectivity index (χ2n) is 3.01. The summed E-state index contributed by atoms with van der Waals surface area (Å²) < 4.78 is 1.50. The molecule has 1 heterocycles. The first-order valence-electron chi connectivity index (χ1n) is 4.24. The Bertz CT molecular complexity index is 523. The van der Waals surface area contributed by atoms with Gasteiger partial charge in [-0.2, -0.15) is 0 Å². The highest BCUT2D eigenvalue weighted by molar-refractivity contribution is 6.43. The van der Waals surface area contributed by atoms with Crippen molar-refractivity contribution in [2.24, 2.45) is 0 Å². The summed E-state index contributed by atoms with van der Waals surface area (Å²) in [5, 5.41) is 8.98. The van der Waals surface area contributed by atoms with Crippen molar-refractivity contribution in [3.8, 4) is 5.69 Å². The van der Waals surface area contributed by atoms with E-state index in [4.69, 9.17) is 46.4 Å². The maximum Gasteiger partial charge on any atom is 0.0979 e. The minimum atomic E-state index is 0.291. The van der Waals surface area contributed by atoms with Gasteiger partial charge >= 0.3 is 0 Å². The first kappa shape index (κ1) is 12.0. The summed E-state index contributed by atoms with van der Waals surface area (Å²) in [6, 6.07) is 3.18. The van der Waals surface area contributed by atoms with Gasteiger partial charge < -0.3 is 0 Å². The Balaban J connectivity index is 2.51. The molecule has 0 aliphatic carbocycles. The molecule has 0 spiro atoms. The van der Waals surface area contributed by atoms with Crippen molar-refractivity contribution >= 4 is 46.4 Å². The van der Waals surface area contributed by atoms with E-state index in [1.807, 2.05) is 0 Å². The number of nitrogens with zero attached hydrogens (tertiary/aromatic N) is 3. The fourth-order valence-corrected chi connectivity index (χ4v) is 1.92. The van der Waals surface area contributed by atoms with Crippen LogP contribution in [0, 0.1) is 0 Å². The summed E-state index contributed by atoms with van der Waals surface area (Å²) in [6.07, 6.45) is 1.68. The Morgan fingerprint density at radius 1 is 1.06 bits per heavy atom. The minimum absolute atomic E-state index is 0.291. The quantitative estimate of drug-likeness (QED) is 0.620. The number of halogens is 4. The van der Waals surface area contributed by atoms with E-state index in [1.165, 1.54) is 4.68 Å². The second-order valence-corrected chi connectivity index (χ2v) is 4.49. The van der Waals surface area contributed by atoms with Gasteiger partial charge in [-0.05, 0) is 12.1 Å². The molecular weight excluding hydrogens is 292 g/mol. The summed E-state index contributed by atoms with van der Waals surface area (Å²) in [5.41, 5.74) is 1.27. The third-order valence-electron chi connectivity index (χ3n) is 1.91. The highest BCUT2D eigenvalue weighted by atomic mass is 35.5. The molecule has 0 atom stereocenters. The van der Waals surface area contributed by atoms with Crippen LogP contribution in [0.15, 0.2) is 18.3 Å². The van der Waals surface area contributed by atoms with Gasteiger partial charge in [0.25, 0.3) is 0 Å². The standard InChI is InChI=1S/C9H5Cl4N3/c10-3-5-4-16(15-14-5)9-2-7(12)6(11)1-8(9)13/h1-2,4H,3H2. The summed E-state index contributed by atoms with van der Waals surface area (Å²) >= 11 is 23.4. The van der Waals surface area contributed by atoms with Gasteiger partial charge in [-0.3, -0.25) is 0 Å². The third kappa shape index (κ3) is 2.28. The van der Waals surface area contributed by atoms with Crippen LogP contribution < -0.4 is 0 Å². The van der Waals surface area contributed by atoms with Crippen molar-refractivity contribution in [1.82, 2.24) is 15.0 Å². The van der Waals surface area contributed by atoms with Gasteiger partial charge in [0.1, 0.15) is 0 Å². The molecule has 0 fully saturated rings. The normalized spacial score (nSPS) is 10.8. The van der Waals surface area contributed by atoms with Gasteiger partial charge in [0.15, 0.2) is 0 Å². The molecule has 0 radical (unpaired) electrons. The van der Waals surface area contributed by atoms with Crippen molar-refractivity contribution < 1.29 is 0 Å². The zero-order valence-electron chi connectivity index (χ0n) is 7.79. The summed E-state index contributed by atoms with van der Waals surface area (Å²) in [5.74, 6) is 0.291. The predicted molar refractivity (Wildman–Crippen MR) is 65.9 cm³/mol. The number of hydrogen-bond donors (Lipinski definition) is 0. The number of hydrogen-bond acceptors (Lipinski definition) is 2. The molecule has 0 saturated heterocycles. The zero-order valence-corrected chi connectivity index (χ0v) is 10.8. The Morgan fingerprint density at radius 3 is 2.38 bits per heavy atom. The molecule has 0 saturated carbocycles. The Hall–Kier alpha value is -0.480. The van der Waals surface area contributed by atoms with E-state index in [0.717, 1.165) is 0 Å². The van der Waals surface area contributed by atoms with Crippen molar-refractivity contribution in [3.05, 3.63) is 39.1 Å². The van der Waals surface area contributed by atoms with Crippen LogP contribution in [0.5, 0.6) is 0 Å². The molecule has 0 amide bonds. The lowest BCUT2D eigenvalue weighted by atomic mass is 10.3. The number of rotatable bonds is 2. The zero-order chi connectivity index (χ0) is 11.7. The van der Waals surface area contributed by atoms with E-state index in [9.17, 15) is 0 Å². The van der Waals surface area contributed by atoms with Crippen molar-refractivity contribution in [1.29, 1.82) is 0 Å². The molecular formula is C9H5Cl4N3. The van der Waals surface area contributed by atoms with E-state index in [0.29, 0.717) is 32.3 Å². The van der Waals surface area contributed by atoms with Gasteiger partial charge in [0, 0.05) is 0 Å². The van der Waals surface area contributed by atoms with Gasteiger partial charge in [0.05, 0.1) is 38.5 Å². The molecule has 1 aromatic heterocycles. The molecule has 84 valence electrons. The van der Waals surface area contributed by atoms with E-state index < -0.39 is 0 Å². The molecule has 3 nitrogen and oxygen atoms in total. The van der Waals surface area contributed by atoms with Gasteiger partial charge in [-0.15, -0.1) is 16.7 Å². The van der Waals surface area contributed by atoms with Crippen molar-refractivity contribution in [2.45, 2.75) is 5.88 Å². The first-order chi connectivity index (χ1) is 7.61. The summed E-state index contributed by atoms with van der Waals surface area (Å²) in [4.78, 5) is 0. The lowest BCUT2D eigenvalue weighted by molar-refractivity contribution is 0.800. The van der Waals surface area contributed by atoms with Crippen molar-refractivity contribution in [3.63, 3.8) is 0 Å². The van der Waals surface area contributed by atoms with Gasteiger partial charge in [-0.1, -0.05) is 40.0 Å². The Morgan fingerprint density at radius 2 is 1.75 bits per heavy atom. The molecule has 16 heavy (non-hydrogen) atoms. The van der Waals surface area contributed by atoms with E-state index in [2.05, 4.69) is 10.3 Å². The maximum absolute atomic E-state index is 6.02. The smallest absolute Gasteiger partial charge is 0.0979 e. The SMILES string of the molecule is ClCc1cn(-c2cc(Cl)c(Cl)cc2Cl)nn1. The Kier molecular flexibility index (Phi) is 3.60. The molecule has 2 aromatic rings. The largest absolute Gasteiger partial charge is 0.219 e. The minimum Gasteiger partial charge on any atom is -0.219 e. The summed E-state index contributed by atoms with van der Waals surface area (Å²) in [7, 11) is 0. The monoisotopic (exact) mass is 295 g/mol. The highest BCUT2D eigenvalue weighted by Crippen LogP contribution is 2.30. The molecule has 2 rings (SSSR count). The highest BCUT2D eigenvalue weighted by Gasteiger charge is 2.09. The van der Waals surface area contributed by atoms with Crippen LogP contribution >= 0.6 is 46.4 Å². The van der Waals surface area contributed by atoms with E-state index >= 15 is 0 Å². The summed E-state index contributed by atoms with van der Waals surface area (Å²) in [6.45, 7) is 0. The lowest BCUT2D eigenvalue weighted by Gasteiger charge is -2.05. The third-order valence-corrected chi connectivity index (χ3v) is 3.21. The fourth-order valence-electron chi connectivity index (χ4n) is 1.17. The molecule has 0 aliphatic rings. The molecule has 0 bridgehead atoms. The number of aromatic nitrogens is 3. The fraction of sp³-hybridized carbons (Fsp3) is 0.111. The molecule has 0 aliphatic heterocycles. The van der Waals surface area contributed by atoms with E-state index in [-0.39, 0.29) is 0 Å². The van der Waals surface area contributed by atoms with Crippen LogP contribution in [0.3, 0.4) is 0 Å². The molecule has 0 unspecified atom stereocenters. The van der Waals surface area contributed by atoms with Crippen LogP contribution in [0.4, 0.5) is 0 Å². The predicted octanol–water partition coefficient (Wildman–Crippen LogP) is 3.97. The maximum atomic E-state index is 6.02. The first-order valence-corrected chi connectivity index (χ1v) is 5.90. The molecule has 7 heteroatoms. The van der Waals surface area contributed by atoms with Crippen LogP contribution in [0.2, 0.25) is 15.1 Å². The molecule has 1 aromatic carbocycles. The van der Waals surface area contributed by atoms with E-state index in [1.54, 1.807) is 18.3 Å². The topological polar surface area (TPSA) is 30.7 Å². The average Bonchev–Trinajstić information content (AvgIpc) is 2.71. The van der Waals surface area contributed by atoms with Gasteiger partial charge in [0.2, 0.25) is 0 Å². The number of alkyl halides is 1. The van der Waals surface area contributed by atoms with Crippen LogP contribution in [0.25, 0.3) is 5.69 Å². The van der Waals surface area contributed by atoms with Gasteiger partial charge in [-0.25, -0.2) is 4.68 Å². The van der Waals surface area contributed by atoms with Crippen molar-refractivity contribution in [2.75, 3.05) is 0 Å². The van der Waals surface area contributed by atoms with Crippen LogP contribution in [-0.2, 0) is 5.88 Å². The Labute approximate surface area is 112 Å². The molecule has 0 N–H and O–H groups in total.